The van der Waals surface area contributed by atoms with Crippen LogP contribution in [-0.2, 0) is 14.8 Å². The van der Waals surface area contributed by atoms with Crippen LogP contribution in [0.1, 0.15) is 41.6 Å². The Morgan fingerprint density at radius 3 is 2.37 bits per heavy atom. The van der Waals surface area contributed by atoms with Gasteiger partial charge in [0.2, 0.25) is 10.0 Å². The molecule has 1 aromatic carbocycles. The SMILES string of the molecule is CCOC(=O)c1sc(NC(=S)Nc2cc(S(=O)(=O)N(CC)CC)ccc2C)cc1C. The molecular formula is C20H27N3O4S3. The van der Waals surface area contributed by atoms with E-state index in [4.69, 9.17) is 17.0 Å². The minimum Gasteiger partial charge on any atom is -0.462 e. The van der Waals surface area contributed by atoms with Crippen molar-refractivity contribution < 1.29 is 17.9 Å². The second-order valence-electron chi connectivity index (χ2n) is 6.49. The van der Waals surface area contributed by atoms with Crippen molar-refractivity contribution in [3.05, 3.63) is 40.3 Å². The molecule has 0 unspecified atom stereocenters. The molecule has 0 fully saturated rings. The third-order valence-electron chi connectivity index (χ3n) is 4.42. The third-order valence-corrected chi connectivity index (χ3v) is 7.80. The van der Waals surface area contributed by atoms with E-state index in [0.717, 1.165) is 11.1 Å². The number of thiophene rings is 1. The smallest absolute Gasteiger partial charge is 0.348 e. The molecule has 2 rings (SSSR count). The molecule has 164 valence electrons. The lowest BCUT2D eigenvalue weighted by molar-refractivity contribution is 0.0531. The van der Waals surface area contributed by atoms with Crippen LogP contribution in [0.2, 0.25) is 0 Å². The fourth-order valence-corrected chi connectivity index (χ4v) is 5.56. The summed E-state index contributed by atoms with van der Waals surface area (Å²) in [4.78, 5) is 12.7. The molecule has 7 nitrogen and oxygen atoms in total. The van der Waals surface area contributed by atoms with Gasteiger partial charge in [0.25, 0.3) is 0 Å². The Hall–Kier alpha value is -2.01. The standard InChI is InChI=1S/C20H27N3O4S3/c1-6-23(7-2)30(25,26)15-10-9-13(4)16(12-15)21-20(28)22-17-11-14(5)18(29-17)19(24)27-8-3/h9-12H,6-8H2,1-5H3,(H2,21,22,28). The molecule has 2 aromatic rings. The number of hydrogen-bond acceptors (Lipinski definition) is 6. The summed E-state index contributed by atoms with van der Waals surface area (Å²) < 4.78 is 32.1. The fraction of sp³-hybridized carbons (Fsp3) is 0.400. The lowest BCUT2D eigenvalue weighted by Gasteiger charge is -2.20. The number of carbonyl (C=O) groups excluding carboxylic acids is 1. The van der Waals surface area contributed by atoms with Crippen LogP contribution < -0.4 is 10.6 Å². The molecule has 0 atom stereocenters. The van der Waals surface area contributed by atoms with Gasteiger partial charge in [-0.15, -0.1) is 11.3 Å². The molecule has 10 heteroatoms. The molecule has 0 amide bonds. The van der Waals surface area contributed by atoms with Gasteiger partial charge in [0.1, 0.15) is 4.88 Å². The number of esters is 1. The van der Waals surface area contributed by atoms with Crippen molar-refractivity contribution in [1.29, 1.82) is 0 Å². The number of hydrogen-bond donors (Lipinski definition) is 2. The number of anilines is 2. The molecule has 0 bridgehead atoms. The topological polar surface area (TPSA) is 87.7 Å². The summed E-state index contributed by atoms with van der Waals surface area (Å²) in [5, 5.41) is 7.10. The molecule has 0 saturated heterocycles. The van der Waals surface area contributed by atoms with E-state index in [0.29, 0.717) is 40.4 Å². The van der Waals surface area contributed by atoms with Crippen molar-refractivity contribution >= 4 is 55.3 Å². The van der Waals surface area contributed by atoms with Gasteiger partial charge in [0, 0.05) is 18.8 Å². The van der Waals surface area contributed by atoms with E-state index >= 15 is 0 Å². The highest BCUT2D eigenvalue weighted by atomic mass is 32.2. The summed E-state index contributed by atoms with van der Waals surface area (Å²) in [5.41, 5.74) is 2.25. The molecule has 1 aromatic heterocycles. The van der Waals surface area contributed by atoms with E-state index < -0.39 is 10.0 Å². The second-order valence-corrected chi connectivity index (χ2v) is 9.89. The van der Waals surface area contributed by atoms with E-state index in [9.17, 15) is 13.2 Å². The summed E-state index contributed by atoms with van der Waals surface area (Å²) in [7, 11) is -3.57. The Labute approximate surface area is 187 Å². The first kappa shape index (κ1) is 24.3. The first-order valence-electron chi connectivity index (χ1n) is 9.60. The van der Waals surface area contributed by atoms with E-state index in [1.54, 1.807) is 39.0 Å². The van der Waals surface area contributed by atoms with Gasteiger partial charge in [0.05, 0.1) is 16.5 Å². The lowest BCUT2D eigenvalue weighted by atomic mass is 10.2. The molecule has 30 heavy (non-hydrogen) atoms. The van der Waals surface area contributed by atoms with Crippen LogP contribution >= 0.6 is 23.6 Å². The molecule has 0 radical (unpaired) electrons. The largest absolute Gasteiger partial charge is 0.462 e. The van der Waals surface area contributed by atoms with Gasteiger partial charge in [-0.05, 0) is 62.3 Å². The van der Waals surface area contributed by atoms with Crippen LogP contribution in [0.3, 0.4) is 0 Å². The Morgan fingerprint density at radius 2 is 1.77 bits per heavy atom. The third kappa shape index (κ3) is 5.57. The number of rotatable bonds is 8. The zero-order valence-electron chi connectivity index (χ0n) is 17.7. The average molecular weight is 470 g/mol. The van der Waals surface area contributed by atoms with Crippen molar-refractivity contribution in [3.63, 3.8) is 0 Å². The Morgan fingerprint density at radius 1 is 1.10 bits per heavy atom. The molecule has 0 aliphatic heterocycles. The Bertz CT molecular complexity index is 1030. The first-order valence-corrected chi connectivity index (χ1v) is 12.3. The summed E-state index contributed by atoms with van der Waals surface area (Å²) in [6.45, 7) is 10.2. The number of sulfonamides is 1. The molecule has 0 aliphatic rings. The van der Waals surface area contributed by atoms with Gasteiger partial charge in [0.15, 0.2) is 5.11 Å². The monoisotopic (exact) mass is 469 g/mol. The molecular weight excluding hydrogens is 442 g/mol. The van der Waals surface area contributed by atoms with Crippen molar-refractivity contribution in [1.82, 2.24) is 4.31 Å². The first-order chi connectivity index (χ1) is 14.1. The maximum absolute atomic E-state index is 12.8. The highest BCUT2D eigenvalue weighted by molar-refractivity contribution is 7.89. The Balaban J connectivity index is 2.20. The second kappa shape index (κ2) is 10.3. The van der Waals surface area contributed by atoms with Crippen LogP contribution in [0.15, 0.2) is 29.2 Å². The van der Waals surface area contributed by atoms with Gasteiger partial charge >= 0.3 is 5.97 Å². The van der Waals surface area contributed by atoms with E-state index in [1.807, 2.05) is 19.9 Å². The molecule has 2 N–H and O–H groups in total. The average Bonchev–Trinajstić information content (AvgIpc) is 3.04. The van der Waals surface area contributed by atoms with Crippen LogP contribution in [0.5, 0.6) is 0 Å². The summed E-state index contributed by atoms with van der Waals surface area (Å²) in [5.74, 6) is -0.364. The van der Waals surface area contributed by atoms with Crippen molar-refractivity contribution in [3.8, 4) is 0 Å². The predicted octanol–water partition coefficient (Wildman–Crippen LogP) is 4.38. The number of benzene rings is 1. The molecule has 0 aliphatic carbocycles. The van der Waals surface area contributed by atoms with Crippen molar-refractivity contribution in [2.45, 2.75) is 39.5 Å². The van der Waals surface area contributed by atoms with Gasteiger partial charge in [-0.25, -0.2) is 13.2 Å². The van der Waals surface area contributed by atoms with Crippen LogP contribution in [0, 0.1) is 13.8 Å². The van der Waals surface area contributed by atoms with Crippen LogP contribution in [0.25, 0.3) is 0 Å². The minimum atomic E-state index is -3.57. The maximum atomic E-state index is 12.8. The van der Waals surface area contributed by atoms with Gasteiger partial charge < -0.3 is 15.4 Å². The van der Waals surface area contributed by atoms with Gasteiger partial charge in [-0.1, -0.05) is 19.9 Å². The molecule has 0 saturated carbocycles. The van der Waals surface area contributed by atoms with Crippen LogP contribution in [0.4, 0.5) is 10.7 Å². The van der Waals surface area contributed by atoms with Crippen molar-refractivity contribution in [2.24, 2.45) is 0 Å². The van der Waals surface area contributed by atoms with Crippen LogP contribution in [-0.4, -0.2) is 43.5 Å². The molecule has 0 spiro atoms. The zero-order valence-corrected chi connectivity index (χ0v) is 20.2. The van der Waals surface area contributed by atoms with E-state index in [1.165, 1.54) is 15.6 Å². The Kier molecular flexibility index (Phi) is 8.36. The number of nitrogens with zero attached hydrogens (tertiary/aromatic N) is 1. The zero-order chi connectivity index (χ0) is 22.5. The van der Waals surface area contributed by atoms with Crippen molar-refractivity contribution in [2.75, 3.05) is 30.3 Å². The quantitative estimate of drug-likeness (QED) is 0.438. The minimum absolute atomic E-state index is 0.207. The lowest BCUT2D eigenvalue weighted by Crippen LogP contribution is -2.30. The van der Waals surface area contributed by atoms with Gasteiger partial charge in [-0.3, -0.25) is 0 Å². The highest BCUT2D eigenvalue weighted by Crippen LogP contribution is 2.28. The summed E-state index contributed by atoms with van der Waals surface area (Å²) in [6.07, 6.45) is 0. The normalized spacial score (nSPS) is 11.4. The number of carbonyl (C=O) groups is 1. The number of ether oxygens (including phenoxy) is 1. The van der Waals surface area contributed by atoms with E-state index in [2.05, 4.69) is 10.6 Å². The summed E-state index contributed by atoms with van der Waals surface area (Å²) >= 11 is 6.64. The number of aryl methyl sites for hydroxylation is 2. The predicted molar refractivity (Wildman–Crippen MR) is 126 cm³/mol. The highest BCUT2D eigenvalue weighted by Gasteiger charge is 2.22. The van der Waals surface area contributed by atoms with E-state index in [-0.39, 0.29) is 10.9 Å². The number of thiocarbonyl (C=S) groups is 1. The number of nitrogens with one attached hydrogen (secondary N) is 2. The maximum Gasteiger partial charge on any atom is 0.348 e. The fourth-order valence-electron chi connectivity index (χ4n) is 2.82. The van der Waals surface area contributed by atoms with Gasteiger partial charge in [-0.2, -0.15) is 4.31 Å². The summed E-state index contributed by atoms with van der Waals surface area (Å²) in [6, 6.07) is 6.74. The molecule has 1 heterocycles.